The Balaban J connectivity index is 2.86. The number of unbranched alkanes of at least 4 members (excludes halogenated alkanes) is 1. The Morgan fingerprint density at radius 3 is 2.55 bits per heavy atom. The molecule has 0 aliphatic carbocycles. The van der Waals surface area contributed by atoms with Gasteiger partial charge in [0.2, 0.25) is 0 Å². The van der Waals surface area contributed by atoms with Crippen LogP contribution in [0, 0.1) is 5.92 Å². The molecule has 2 unspecified atom stereocenters. The Kier molecular flexibility index (Phi) is 7.60. The maximum atomic E-state index is 5.75. The number of ether oxygens (including phenoxy) is 1. The second-order valence-electron chi connectivity index (χ2n) is 5.70. The van der Waals surface area contributed by atoms with E-state index < -0.39 is 0 Å². The molecule has 0 bridgehead atoms. The Bertz CT molecular complexity index is 379. The topological polar surface area (TPSA) is 34.2 Å². The van der Waals surface area contributed by atoms with Gasteiger partial charge < -0.3 is 10.1 Å². The van der Waals surface area contributed by atoms with Crippen LogP contribution >= 0.6 is 0 Å². The highest BCUT2D eigenvalue weighted by Crippen LogP contribution is 2.30. The summed E-state index contributed by atoms with van der Waals surface area (Å²) in [5.41, 5.74) is 1.23. The summed E-state index contributed by atoms with van der Waals surface area (Å²) in [4.78, 5) is 4.34. The van der Waals surface area contributed by atoms with Gasteiger partial charge in [0.1, 0.15) is 5.75 Å². The van der Waals surface area contributed by atoms with Gasteiger partial charge in [0.05, 0.1) is 12.3 Å². The lowest BCUT2D eigenvalue weighted by Crippen LogP contribution is -2.25. The summed E-state index contributed by atoms with van der Waals surface area (Å²) < 4.78 is 5.75. The van der Waals surface area contributed by atoms with Crippen molar-refractivity contribution in [3.05, 3.63) is 24.0 Å². The van der Waals surface area contributed by atoms with Crippen molar-refractivity contribution in [2.75, 3.05) is 7.05 Å². The molecular formula is C17H30N2O. The van der Waals surface area contributed by atoms with Crippen LogP contribution in [0.15, 0.2) is 18.5 Å². The van der Waals surface area contributed by atoms with Crippen LogP contribution in [0.1, 0.15) is 65.0 Å². The van der Waals surface area contributed by atoms with Crippen molar-refractivity contribution in [3.8, 4) is 5.75 Å². The second kappa shape index (κ2) is 8.96. The minimum absolute atomic E-state index is 0.183. The molecule has 3 nitrogen and oxygen atoms in total. The summed E-state index contributed by atoms with van der Waals surface area (Å²) in [6.07, 6.45) is 8.91. The van der Waals surface area contributed by atoms with Crippen LogP contribution in [0.2, 0.25) is 0 Å². The number of hydrogen-bond donors (Lipinski definition) is 1. The lowest BCUT2D eigenvalue weighted by molar-refractivity contribution is 0.240. The predicted octanol–water partition coefficient (Wildman–Crippen LogP) is 4.35. The summed E-state index contributed by atoms with van der Waals surface area (Å²) in [5.74, 6) is 1.51. The Labute approximate surface area is 124 Å². The van der Waals surface area contributed by atoms with E-state index in [1.165, 1.54) is 31.2 Å². The first-order valence-electron chi connectivity index (χ1n) is 7.91. The van der Waals surface area contributed by atoms with E-state index in [4.69, 9.17) is 4.74 Å². The van der Waals surface area contributed by atoms with Crippen LogP contribution in [0.25, 0.3) is 0 Å². The van der Waals surface area contributed by atoms with Crippen LogP contribution in [0.5, 0.6) is 5.75 Å². The zero-order valence-electron chi connectivity index (χ0n) is 13.6. The molecule has 0 aliphatic rings. The third-order valence-electron chi connectivity index (χ3n) is 3.70. The van der Waals surface area contributed by atoms with Crippen LogP contribution in [-0.4, -0.2) is 18.1 Å². The van der Waals surface area contributed by atoms with Gasteiger partial charge in [-0.2, -0.15) is 0 Å². The fourth-order valence-electron chi connectivity index (χ4n) is 2.69. The molecule has 1 heterocycles. The van der Waals surface area contributed by atoms with E-state index in [1.54, 1.807) is 6.20 Å². The second-order valence-corrected chi connectivity index (χ2v) is 5.70. The van der Waals surface area contributed by atoms with Gasteiger partial charge in [-0.3, -0.25) is 4.98 Å². The average Bonchev–Trinajstić information content (AvgIpc) is 2.43. The molecule has 0 aromatic carbocycles. The van der Waals surface area contributed by atoms with Crippen molar-refractivity contribution >= 4 is 0 Å². The molecule has 1 N–H and O–H groups in total. The SMILES string of the molecule is CCCCC(CC)C(NC)c1cncc(OC(C)C)c1. The first-order valence-corrected chi connectivity index (χ1v) is 7.91. The fraction of sp³-hybridized carbons (Fsp3) is 0.706. The highest BCUT2D eigenvalue weighted by atomic mass is 16.5. The van der Waals surface area contributed by atoms with E-state index >= 15 is 0 Å². The van der Waals surface area contributed by atoms with Crippen molar-refractivity contribution in [1.29, 1.82) is 0 Å². The number of pyridine rings is 1. The first kappa shape index (κ1) is 17.0. The smallest absolute Gasteiger partial charge is 0.138 e. The molecule has 0 spiro atoms. The maximum Gasteiger partial charge on any atom is 0.138 e. The zero-order valence-corrected chi connectivity index (χ0v) is 13.6. The largest absolute Gasteiger partial charge is 0.489 e. The van der Waals surface area contributed by atoms with Gasteiger partial charge in [0, 0.05) is 12.2 Å². The van der Waals surface area contributed by atoms with E-state index in [-0.39, 0.29) is 6.10 Å². The Morgan fingerprint density at radius 1 is 1.25 bits per heavy atom. The van der Waals surface area contributed by atoms with E-state index in [0.717, 1.165) is 5.75 Å². The van der Waals surface area contributed by atoms with E-state index in [2.05, 4.69) is 30.2 Å². The Hall–Kier alpha value is -1.09. The number of nitrogens with one attached hydrogen (secondary N) is 1. The number of aromatic nitrogens is 1. The number of rotatable bonds is 9. The summed E-state index contributed by atoms with van der Waals surface area (Å²) in [6, 6.07) is 2.48. The third-order valence-corrected chi connectivity index (χ3v) is 3.70. The molecule has 3 heteroatoms. The summed E-state index contributed by atoms with van der Waals surface area (Å²) in [5, 5.41) is 3.46. The summed E-state index contributed by atoms with van der Waals surface area (Å²) in [7, 11) is 2.04. The van der Waals surface area contributed by atoms with Crippen LogP contribution in [0.3, 0.4) is 0 Å². The predicted molar refractivity (Wildman–Crippen MR) is 85.1 cm³/mol. The van der Waals surface area contributed by atoms with Gasteiger partial charge in [-0.1, -0.05) is 33.1 Å². The van der Waals surface area contributed by atoms with Gasteiger partial charge in [-0.05, 0) is 44.9 Å². The Morgan fingerprint density at radius 2 is 2.00 bits per heavy atom. The van der Waals surface area contributed by atoms with Crippen LogP contribution in [-0.2, 0) is 0 Å². The highest BCUT2D eigenvalue weighted by Gasteiger charge is 2.20. The van der Waals surface area contributed by atoms with Gasteiger partial charge in [-0.25, -0.2) is 0 Å². The molecule has 2 atom stereocenters. The van der Waals surface area contributed by atoms with E-state index in [1.807, 2.05) is 27.1 Å². The molecule has 0 amide bonds. The highest BCUT2D eigenvalue weighted by molar-refractivity contribution is 5.26. The molecule has 20 heavy (non-hydrogen) atoms. The standard InChI is InChI=1S/C17H30N2O/c1-6-8-9-14(7-2)17(18-5)15-10-16(12-19-11-15)20-13(3)4/h10-14,17-18H,6-9H2,1-5H3. The van der Waals surface area contributed by atoms with Crippen LogP contribution in [0.4, 0.5) is 0 Å². The molecular weight excluding hydrogens is 248 g/mol. The molecule has 0 fully saturated rings. The molecule has 0 saturated carbocycles. The average molecular weight is 278 g/mol. The summed E-state index contributed by atoms with van der Waals surface area (Å²) in [6.45, 7) is 8.60. The van der Waals surface area contributed by atoms with Gasteiger partial charge in [0.15, 0.2) is 0 Å². The maximum absolute atomic E-state index is 5.75. The van der Waals surface area contributed by atoms with Gasteiger partial charge in [-0.15, -0.1) is 0 Å². The summed E-state index contributed by atoms with van der Waals surface area (Å²) >= 11 is 0. The van der Waals surface area contributed by atoms with Crippen molar-refractivity contribution in [2.45, 2.75) is 65.5 Å². The number of hydrogen-bond acceptors (Lipinski definition) is 3. The van der Waals surface area contributed by atoms with Gasteiger partial charge in [0.25, 0.3) is 0 Å². The van der Waals surface area contributed by atoms with Crippen molar-refractivity contribution in [3.63, 3.8) is 0 Å². The van der Waals surface area contributed by atoms with Gasteiger partial charge >= 0.3 is 0 Å². The van der Waals surface area contributed by atoms with Crippen LogP contribution < -0.4 is 10.1 Å². The molecule has 0 saturated heterocycles. The lowest BCUT2D eigenvalue weighted by Gasteiger charge is -2.26. The number of nitrogens with zero attached hydrogens (tertiary/aromatic N) is 1. The van der Waals surface area contributed by atoms with Crippen molar-refractivity contribution < 1.29 is 4.74 Å². The lowest BCUT2D eigenvalue weighted by atomic mass is 9.87. The minimum Gasteiger partial charge on any atom is -0.489 e. The normalized spacial score (nSPS) is 14.3. The fourth-order valence-corrected chi connectivity index (χ4v) is 2.69. The zero-order chi connectivity index (χ0) is 15.0. The molecule has 1 aromatic rings. The molecule has 1 rings (SSSR count). The van der Waals surface area contributed by atoms with E-state index in [9.17, 15) is 0 Å². The molecule has 114 valence electrons. The minimum atomic E-state index is 0.183. The molecule has 0 radical (unpaired) electrons. The first-order chi connectivity index (χ1) is 9.62. The molecule has 0 aliphatic heterocycles. The molecule has 1 aromatic heterocycles. The monoisotopic (exact) mass is 278 g/mol. The quantitative estimate of drug-likeness (QED) is 0.729. The van der Waals surface area contributed by atoms with Crippen molar-refractivity contribution in [2.24, 2.45) is 5.92 Å². The van der Waals surface area contributed by atoms with Crippen molar-refractivity contribution in [1.82, 2.24) is 10.3 Å². The third kappa shape index (κ3) is 5.12. The van der Waals surface area contributed by atoms with E-state index in [0.29, 0.717) is 12.0 Å².